The number of aliphatic imine (C=N–C) groups is 1. The number of fused-ring (bicyclic) bond motifs is 3. The molecule has 1 saturated heterocycles. The van der Waals surface area contributed by atoms with Crippen molar-refractivity contribution in [3.8, 4) is 0 Å². The van der Waals surface area contributed by atoms with E-state index in [2.05, 4.69) is 25.6 Å². The molecule has 180 valence electrons. The van der Waals surface area contributed by atoms with Gasteiger partial charge in [-0.15, -0.1) is 0 Å². The minimum absolute atomic E-state index is 0.0136. The number of thioether (sulfide) groups is 1. The van der Waals surface area contributed by atoms with Crippen LogP contribution in [0.1, 0.15) is 24.8 Å². The lowest BCUT2D eigenvalue weighted by Crippen LogP contribution is -2.28. The second-order valence-corrected chi connectivity index (χ2v) is 10.3. The van der Waals surface area contributed by atoms with E-state index in [1.165, 1.54) is 11.8 Å². The Labute approximate surface area is 219 Å². The zero-order valence-corrected chi connectivity index (χ0v) is 21.0. The van der Waals surface area contributed by atoms with E-state index in [1.807, 2.05) is 28.8 Å². The number of carbonyl (C=O) groups excluding carboxylic acids is 2. The van der Waals surface area contributed by atoms with Crippen LogP contribution in [0.5, 0.6) is 0 Å². The largest absolute Gasteiger partial charge is 0.324 e. The zero-order chi connectivity index (χ0) is 24.8. The van der Waals surface area contributed by atoms with Gasteiger partial charge in [0, 0.05) is 18.3 Å². The van der Waals surface area contributed by atoms with Crippen LogP contribution < -0.4 is 10.6 Å². The molecule has 1 saturated carbocycles. The highest BCUT2D eigenvalue weighted by Crippen LogP contribution is 2.41. The number of imidazole rings is 1. The maximum atomic E-state index is 12.7. The van der Waals surface area contributed by atoms with Gasteiger partial charge in [0.1, 0.15) is 5.69 Å². The molecular formula is C25H18Cl2N6O2S. The van der Waals surface area contributed by atoms with Gasteiger partial charge >= 0.3 is 0 Å². The summed E-state index contributed by atoms with van der Waals surface area (Å²) in [5.41, 5.74) is 4.01. The monoisotopic (exact) mass is 536 g/mol. The summed E-state index contributed by atoms with van der Waals surface area (Å²) in [6.07, 6.45) is 9.91. The number of anilines is 1. The summed E-state index contributed by atoms with van der Waals surface area (Å²) in [5.74, 6) is -0.324. The van der Waals surface area contributed by atoms with Gasteiger partial charge in [-0.05, 0) is 60.5 Å². The Morgan fingerprint density at radius 2 is 2.08 bits per heavy atom. The second-order valence-electron chi connectivity index (χ2n) is 8.52. The Bertz CT molecular complexity index is 1630. The number of amides is 2. The summed E-state index contributed by atoms with van der Waals surface area (Å²) in [5, 5.41) is 6.51. The highest BCUT2D eigenvalue weighted by molar-refractivity contribution is 8.18. The molecular weight excluding hydrogens is 519 g/mol. The van der Waals surface area contributed by atoms with Gasteiger partial charge in [-0.3, -0.25) is 19.0 Å². The van der Waals surface area contributed by atoms with Crippen LogP contribution in [0.3, 0.4) is 0 Å². The lowest BCUT2D eigenvalue weighted by molar-refractivity contribution is -0.122. The average Bonchev–Trinajstić information content (AvgIpc) is 3.44. The van der Waals surface area contributed by atoms with E-state index in [0.717, 1.165) is 41.5 Å². The van der Waals surface area contributed by atoms with Crippen molar-refractivity contribution in [3.63, 3.8) is 0 Å². The minimum Gasteiger partial charge on any atom is -0.324 e. The first kappa shape index (κ1) is 23.0. The molecule has 2 fully saturated rings. The van der Waals surface area contributed by atoms with E-state index in [4.69, 9.17) is 23.2 Å². The highest BCUT2D eigenvalue weighted by atomic mass is 35.5. The molecule has 2 amide bonds. The first-order valence-corrected chi connectivity index (χ1v) is 12.8. The quantitative estimate of drug-likeness (QED) is 0.320. The summed E-state index contributed by atoms with van der Waals surface area (Å²) in [7, 11) is 0. The van der Waals surface area contributed by atoms with Crippen LogP contribution in [-0.4, -0.2) is 31.4 Å². The van der Waals surface area contributed by atoms with Gasteiger partial charge in [0.25, 0.3) is 5.91 Å². The van der Waals surface area contributed by atoms with Crippen LogP contribution in [0.4, 0.5) is 11.4 Å². The van der Waals surface area contributed by atoms with Crippen molar-refractivity contribution < 1.29 is 9.59 Å². The first-order valence-electron chi connectivity index (χ1n) is 11.3. The van der Waals surface area contributed by atoms with Gasteiger partial charge in [0.2, 0.25) is 5.91 Å². The van der Waals surface area contributed by atoms with Crippen molar-refractivity contribution in [2.45, 2.75) is 19.3 Å². The molecule has 0 unspecified atom stereocenters. The summed E-state index contributed by atoms with van der Waals surface area (Å²) >= 11 is 14.1. The minimum atomic E-state index is -0.278. The summed E-state index contributed by atoms with van der Waals surface area (Å²) in [4.78, 5) is 38.7. The van der Waals surface area contributed by atoms with Gasteiger partial charge in [-0.25, -0.2) is 9.98 Å². The fraction of sp³-hybridized carbons (Fsp3) is 0.160. The molecule has 0 atom stereocenters. The fourth-order valence-corrected chi connectivity index (χ4v) is 5.38. The Morgan fingerprint density at radius 3 is 2.89 bits per heavy atom. The Hall–Kier alpha value is -3.40. The number of benzene rings is 2. The van der Waals surface area contributed by atoms with Crippen LogP contribution in [0, 0.1) is 5.92 Å². The van der Waals surface area contributed by atoms with Gasteiger partial charge in [-0.2, -0.15) is 0 Å². The van der Waals surface area contributed by atoms with E-state index in [0.29, 0.717) is 20.8 Å². The fourth-order valence-electron chi connectivity index (χ4n) is 4.05. The average molecular weight is 537 g/mol. The third-order valence-electron chi connectivity index (χ3n) is 6.21. The lowest BCUT2D eigenvalue weighted by atomic mass is 9.85. The molecule has 0 radical (unpaired) electrons. The zero-order valence-electron chi connectivity index (χ0n) is 18.7. The number of hydrogen-bond donors (Lipinski definition) is 2. The van der Waals surface area contributed by atoms with Gasteiger partial charge in [-0.1, -0.05) is 35.7 Å². The predicted octanol–water partition coefficient (Wildman–Crippen LogP) is 5.82. The van der Waals surface area contributed by atoms with Gasteiger partial charge in [0.15, 0.2) is 10.8 Å². The summed E-state index contributed by atoms with van der Waals surface area (Å²) in [6, 6.07) is 9.03. The van der Waals surface area contributed by atoms with Crippen molar-refractivity contribution in [3.05, 3.63) is 69.4 Å². The maximum absolute atomic E-state index is 12.7. The molecule has 6 rings (SSSR count). The van der Waals surface area contributed by atoms with Crippen LogP contribution >= 0.6 is 35.0 Å². The molecule has 8 nitrogen and oxygen atoms in total. The number of nitrogens with one attached hydrogen (secondary N) is 2. The molecule has 1 aliphatic carbocycles. The standard InChI is InChI=1S/C25H18Cl2N6O2S/c26-15-5-7-17(30-23(34)14-2-1-3-14)21(27)22(15)31-25-32-24(35)19(36-25)11-13-4-6-16-18(10-13)33-9-8-28-20(33)12-29-16/h4-12,14H,1-3H2,(H,30,34)(H,31,32,35)/b19-11-. The second kappa shape index (κ2) is 9.24. The number of hydrogen-bond acceptors (Lipinski definition) is 6. The molecule has 1 aliphatic heterocycles. The van der Waals surface area contributed by atoms with Crippen LogP contribution in [0.25, 0.3) is 22.8 Å². The molecule has 36 heavy (non-hydrogen) atoms. The van der Waals surface area contributed by atoms with Crippen molar-refractivity contribution in [1.29, 1.82) is 0 Å². The summed E-state index contributed by atoms with van der Waals surface area (Å²) in [6.45, 7) is 0. The van der Waals surface area contributed by atoms with Crippen LogP contribution in [0.2, 0.25) is 10.0 Å². The van der Waals surface area contributed by atoms with E-state index in [9.17, 15) is 9.59 Å². The molecule has 2 N–H and O–H groups in total. The number of aromatic nitrogens is 3. The van der Waals surface area contributed by atoms with E-state index >= 15 is 0 Å². The van der Waals surface area contributed by atoms with E-state index in [1.54, 1.807) is 30.6 Å². The lowest BCUT2D eigenvalue weighted by Gasteiger charge is -2.24. The van der Waals surface area contributed by atoms with Crippen LogP contribution in [-0.2, 0) is 9.59 Å². The molecule has 0 bridgehead atoms. The molecule has 2 aliphatic rings. The van der Waals surface area contributed by atoms with Gasteiger partial charge < -0.3 is 10.6 Å². The highest BCUT2D eigenvalue weighted by Gasteiger charge is 2.27. The smallest absolute Gasteiger partial charge is 0.264 e. The normalized spacial score (nSPS) is 18.2. The van der Waals surface area contributed by atoms with Crippen molar-refractivity contribution in [2.75, 3.05) is 5.32 Å². The number of nitrogens with zero attached hydrogens (tertiary/aromatic N) is 4. The van der Waals surface area contributed by atoms with Crippen LogP contribution in [0.15, 0.2) is 58.8 Å². The summed E-state index contributed by atoms with van der Waals surface area (Å²) < 4.78 is 1.94. The maximum Gasteiger partial charge on any atom is 0.264 e. The van der Waals surface area contributed by atoms with Crippen molar-refractivity contribution >= 4 is 86.1 Å². The van der Waals surface area contributed by atoms with Crippen molar-refractivity contribution in [2.24, 2.45) is 10.9 Å². The number of amidine groups is 1. The molecule has 3 heterocycles. The third kappa shape index (κ3) is 4.23. The topological polar surface area (TPSA) is 101 Å². The van der Waals surface area contributed by atoms with E-state index in [-0.39, 0.29) is 28.4 Å². The number of rotatable bonds is 4. The van der Waals surface area contributed by atoms with Crippen molar-refractivity contribution in [1.82, 2.24) is 19.7 Å². The van der Waals surface area contributed by atoms with E-state index < -0.39 is 0 Å². The Kier molecular flexibility index (Phi) is 5.91. The number of carbonyl (C=O) groups is 2. The SMILES string of the molecule is O=C1NC(=Nc2c(Cl)ccc(NC(=O)C3CCC3)c2Cl)S/C1=C\c1ccc2ncc3nccn3c2c1. The predicted molar refractivity (Wildman–Crippen MR) is 144 cm³/mol. The third-order valence-corrected chi connectivity index (χ3v) is 7.81. The Balaban J connectivity index is 1.28. The molecule has 2 aromatic carbocycles. The Morgan fingerprint density at radius 1 is 1.22 bits per heavy atom. The molecule has 2 aromatic heterocycles. The molecule has 11 heteroatoms. The molecule has 4 aromatic rings. The molecule has 0 spiro atoms. The number of halogens is 2. The van der Waals surface area contributed by atoms with Gasteiger partial charge in [0.05, 0.1) is 37.9 Å². The first-order chi connectivity index (χ1) is 17.5.